The Labute approximate surface area is 112 Å². The fraction of sp³-hybridized carbons (Fsp3) is 0.667. The minimum atomic E-state index is -0.124. The van der Waals surface area contributed by atoms with E-state index in [1.807, 2.05) is 18.9 Å². The van der Waals surface area contributed by atoms with Crippen LogP contribution < -0.4 is 16.0 Å². The Hall–Kier alpha value is -1.30. The van der Waals surface area contributed by atoms with Gasteiger partial charge >= 0.3 is 0 Å². The summed E-state index contributed by atoms with van der Waals surface area (Å²) in [5, 5.41) is 3.66. The minimum Gasteiger partial charge on any atom is -0.382 e. The summed E-state index contributed by atoms with van der Waals surface area (Å²) in [6.07, 6.45) is 0.964. The van der Waals surface area contributed by atoms with E-state index >= 15 is 0 Å². The average Bonchev–Trinajstić information content (AvgIpc) is 2.69. The van der Waals surface area contributed by atoms with Crippen LogP contribution in [-0.4, -0.2) is 31.0 Å². The van der Waals surface area contributed by atoms with E-state index in [2.05, 4.69) is 24.1 Å². The molecule has 6 heteroatoms. The minimum absolute atomic E-state index is 0.124. The van der Waals surface area contributed by atoms with Gasteiger partial charge in [-0.05, 0) is 19.3 Å². The van der Waals surface area contributed by atoms with Gasteiger partial charge in [0.05, 0.1) is 0 Å². The fourth-order valence-corrected chi connectivity index (χ4v) is 2.26. The molecule has 1 aromatic heterocycles. The Bertz CT molecular complexity index is 403. The first-order valence-corrected chi connectivity index (χ1v) is 7.03. The quantitative estimate of drug-likeness (QED) is 0.829. The molecule has 0 atom stereocenters. The van der Waals surface area contributed by atoms with E-state index < -0.39 is 0 Å². The third-order valence-corrected chi connectivity index (χ3v) is 3.84. The highest BCUT2D eigenvalue weighted by Crippen LogP contribution is 2.27. The Kier molecular flexibility index (Phi) is 5.40. The fourth-order valence-electron chi connectivity index (χ4n) is 1.34. The number of hydrogen-bond donors (Lipinski definition) is 2. The number of nitrogens with two attached hydrogens (primary N) is 1. The zero-order chi connectivity index (χ0) is 13.7. The molecule has 0 aliphatic heterocycles. The number of nitrogens with one attached hydrogen (secondary N) is 1. The van der Waals surface area contributed by atoms with Crippen molar-refractivity contribution in [3.63, 3.8) is 0 Å². The first kappa shape index (κ1) is 14.8. The average molecular weight is 270 g/mol. The lowest BCUT2D eigenvalue weighted by atomic mass is 10.1. The summed E-state index contributed by atoms with van der Waals surface area (Å²) in [6, 6.07) is 0. The van der Waals surface area contributed by atoms with Gasteiger partial charge in [0.2, 0.25) is 0 Å². The van der Waals surface area contributed by atoms with E-state index in [0.717, 1.165) is 18.1 Å². The van der Waals surface area contributed by atoms with E-state index in [4.69, 9.17) is 5.73 Å². The molecule has 1 rings (SSSR count). The van der Waals surface area contributed by atoms with Crippen molar-refractivity contribution in [3.05, 3.63) is 4.88 Å². The maximum Gasteiger partial charge on any atom is 0.265 e. The van der Waals surface area contributed by atoms with Gasteiger partial charge in [-0.1, -0.05) is 25.2 Å². The molecule has 0 aliphatic rings. The van der Waals surface area contributed by atoms with Crippen LogP contribution in [-0.2, 0) is 0 Å². The molecule has 0 radical (unpaired) electrons. The highest BCUT2D eigenvalue weighted by atomic mass is 32.1. The Balaban J connectivity index is 2.65. The van der Waals surface area contributed by atoms with Crippen molar-refractivity contribution in [1.82, 2.24) is 10.3 Å². The smallest absolute Gasteiger partial charge is 0.265 e. The molecule has 0 saturated carbocycles. The number of carbonyl (C=O) groups is 1. The maximum absolute atomic E-state index is 11.9. The van der Waals surface area contributed by atoms with Gasteiger partial charge < -0.3 is 16.0 Å². The molecule has 5 nitrogen and oxygen atoms in total. The van der Waals surface area contributed by atoms with Crippen LogP contribution in [0, 0.1) is 5.92 Å². The number of aromatic nitrogens is 1. The van der Waals surface area contributed by atoms with Crippen LogP contribution in [0.15, 0.2) is 0 Å². The molecule has 0 aromatic carbocycles. The van der Waals surface area contributed by atoms with E-state index in [1.165, 1.54) is 11.3 Å². The summed E-state index contributed by atoms with van der Waals surface area (Å²) in [6.45, 7) is 7.79. The Morgan fingerprint density at radius 1 is 1.56 bits per heavy atom. The second-order valence-electron chi connectivity index (χ2n) is 4.66. The van der Waals surface area contributed by atoms with Crippen LogP contribution in [0.25, 0.3) is 0 Å². The van der Waals surface area contributed by atoms with Crippen molar-refractivity contribution >= 4 is 28.2 Å². The SMILES string of the molecule is CCN(C)c1nc(N)c(C(=O)NCCC(C)C)s1. The standard InChI is InChI=1S/C12H22N4OS/c1-5-16(4)12-15-10(13)9(18-12)11(17)14-7-6-8(2)3/h8H,5-7,13H2,1-4H3,(H,14,17). The molecule has 102 valence electrons. The maximum atomic E-state index is 11.9. The molecule has 0 saturated heterocycles. The highest BCUT2D eigenvalue weighted by molar-refractivity contribution is 7.18. The number of anilines is 2. The third-order valence-electron chi connectivity index (χ3n) is 2.66. The molecule has 3 N–H and O–H groups in total. The molecule has 0 unspecified atom stereocenters. The van der Waals surface area contributed by atoms with Gasteiger partial charge in [-0.15, -0.1) is 0 Å². The molecule has 0 spiro atoms. The highest BCUT2D eigenvalue weighted by Gasteiger charge is 2.17. The molecule has 0 aliphatic carbocycles. The first-order chi connectivity index (χ1) is 8.45. The number of amides is 1. The molecule has 0 fully saturated rings. The summed E-state index contributed by atoms with van der Waals surface area (Å²) >= 11 is 1.34. The van der Waals surface area contributed by atoms with Crippen molar-refractivity contribution < 1.29 is 4.79 Å². The largest absolute Gasteiger partial charge is 0.382 e. The molecule has 1 aromatic rings. The van der Waals surface area contributed by atoms with Crippen LogP contribution in [0.5, 0.6) is 0 Å². The normalized spacial score (nSPS) is 10.7. The Morgan fingerprint density at radius 2 is 2.22 bits per heavy atom. The zero-order valence-corrected chi connectivity index (χ0v) is 12.3. The Morgan fingerprint density at radius 3 is 2.78 bits per heavy atom. The van der Waals surface area contributed by atoms with Crippen molar-refractivity contribution in [2.45, 2.75) is 27.2 Å². The second kappa shape index (κ2) is 6.58. The predicted molar refractivity (Wildman–Crippen MR) is 77.3 cm³/mol. The van der Waals surface area contributed by atoms with Gasteiger partial charge in [-0.3, -0.25) is 4.79 Å². The third kappa shape index (κ3) is 3.87. The van der Waals surface area contributed by atoms with Gasteiger partial charge in [0.1, 0.15) is 10.7 Å². The van der Waals surface area contributed by atoms with E-state index in [0.29, 0.717) is 23.2 Å². The first-order valence-electron chi connectivity index (χ1n) is 6.21. The lowest BCUT2D eigenvalue weighted by Crippen LogP contribution is -2.25. The van der Waals surface area contributed by atoms with Crippen LogP contribution in [0.4, 0.5) is 10.9 Å². The lowest BCUT2D eigenvalue weighted by molar-refractivity contribution is 0.0956. The van der Waals surface area contributed by atoms with Crippen molar-refractivity contribution in [3.8, 4) is 0 Å². The summed E-state index contributed by atoms with van der Waals surface area (Å²) in [7, 11) is 1.93. The number of thiazole rings is 1. The number of nitrogens with zero attached hydrogens (tertiary/aromatic N) is 2. The predicted octanol–water partition coefficient (Wildman–Crippen LogP) is 1.96. The van der Waals surface area contributed by atoms with E-state index in [-0.39, 0.29) is 5.91 Å². The van der Waals surface area contributed by atoms with Gasteiger partial charge in [-0.2, -0.15) is 0 Å². The van der Waals surface area contributed by atoms with Crippen LogP contribution >= 0.6 is 11.3 Å². The zero-order valence-electron chi connectivity index (χ0n) is 11.5. The topological polar surface area (TPSA) is 71.2 Å². The number of rotatable bonds is 6. The molecular weight excluding hydrogens is 248 g/mol. The van der Waals surface area contributed by atoms with Gasteiger partial charge in [0, 0.05) is 20.1 Å². The van der Waals surface area contributed by atoms with E-state index in [1.54, 1.807) is 0 Å². The number of hydrogen-bond acceptors (Lipinski definition) is 5. The number of nitrogen functional groups attached to an aromatic ring is 1. The second-order valence-corrected chi connectivity index (χ2v) is 5.64. The number of carbonyl (C=O) groups excluding carboxylic acids is 1. The van der Waals surface area contributed by atoms with Gasteiger partial charge in [-0.25, -0.2) is 4.98 Å². The molecule has 0 bridgehead atoms. The summed E-state index contributed by atoms with van der Waals surface area (Å²) < 4.78 is 0. The molecular formula is C12H22N4OS. The van der Waals surface area contributed by atoms with Crippen molar-refractivity contribution in [2.75, 3.05) is 30.8 Å². The molecule has 1 heterocycles. The van der Waals surface area contributed by atoms with Gasteiger partial charge in [0.15, 0.2) is 5.13 Å². The van der Waals surface area contributed by atoms with Crippen LogP contribution in [0.3, 0.4) is 0 Å². The summed E-state index contributed by atoms with van der Waals surface area (Å²) in [5.74, 6) is 0.768. The molecule has 18 heavy (non-hydrogen) atoms. The molecule has 1 amide bonds. The van der Waals surface area contributed by atoms with Crippen molar-refractivity contribution in [2.24, 2.45) is 5.92 Å². The monoisotopic (exact) mass is 270 g/mol. The van der Waals surface area contributed by atoms with Crippen molar-refractivity contribution in [1.29, 1.82) is 0 Å². The van der Waals surface area contributed by atoms with Gasteiger partial charge in [0.25, 0.3) is 5.91 Å². The lowest BCUT2D eigenvalue weighted by Gasteiger charge is -2.10. The van der Waals surface area contributed by atoms with Crippen LogP contribution in [0.1, 0.15) is 36.9 Å². The summed E-state index contributed by atoms with van der Waals surface area (Å²) in [4.78, 5) is 18.6. The van der Waals surface area contributed by atoms with Crippen LogP contribution in [0.2, 0.25) is 0 Å². The summed E-state index contributed by atoms with van der Waals surface area (Å²) in [5.41, 5.74) is 5.78. The van der Waals surface area contributed by atoms with E-state index in [9.17, 15) is 4.79 Å².